The number of rotatable bonds is 4. The molecule has 0 aromatic heterocycles. The summed E-state index contributed by atoms with van der Waals surface area (Å²) in [6.07, 6.45) is 1.18. The Morgan fingerprint density at radius 3 is 2.31 bits per heavy atom. The molecule has 1 saturated heterocycles. The van der Waals surface area contributed by atoms with Crippen LogP contribution in [0.5, 0.6) is 0 Å². The minimum atomic E-state index is -0.155. The highest BCUT2D eigenvalue weighted by molar-refractivity contribution is 6.10. The van der Waals surface area contributed by atoms with Crippen molar-refractivity contribution in [2.75, 3.05) is 18.0 Å². The number of hydrogen-bond acceptors (Lipinski definition) is 3. The summed E-state index contributed by atoms with van der Waals surface area (Å²) < 4.78 is 0. The van der Waals surface area contributed by atoms with Crippen LogP contribution < -0.4 is 4.90 Å². The molecular weight excluding hydrogens is 364 g/mol. The molecule has 29 heavy (non-hydrogen) atoms. The number of nitrogens with zero attached hydrogens (tertiary/aromatic N) is 2. The van der Waals surface area contributed by atoms with Crippen molar-refractivity contribution in [2.45, 2.75) is 32.2 Å². The molecule has 2 amide bonds. The second-order valence-electron chi connectivity index (χ2n) is 7.63. The molecule has 0 spiro atoms. The number of carbonyl (C=O) groups excluding carboxylic acids is 3. The molecule has 1 aliphatic heterocycles. The maximum atomic E-state index is 13.0. The van der Waals surface area contributed by atoms with Gasteiger partial charge < -0.3 is 9.80 Å². The molecule has 0 bridgehead atoms. The van der Waals surface area contributed by atoms with E-state index in [1.54, 1.807) is 9.80 Å². The van der Waals surface area contributed by atoms with Crippen LogP contribution in [0.3, 0.4) is 0 Å². The van der Waals surface area contributed by atoms with Gasteiger partial charge in [0.15, 0.2) is 5.78 Å². The summed E-state index contributed by atoms with van der Waals surface area (Å²) >= 11 is 0. The van der Waals surface area contributed by atoms with Crippen LogP contribution >= 0.6 is 0 Å². The molecule has 1 atom stereocenters. The number of carbonyl (C=O) groups is 3. The quantitative estimate of drug-likeness (QED) is 0.806. The van der Waals surface area contributed by atoms with Gasteiger partial charge in [-0.2, -0.15) is 0 Å². The van der Waals surface area contributed by atoms with E-state index in [1.807, 2.05) is 67.6 Å². The lowest BCUT2D eigenvalue weighted by atomic mass is 9.99. The minimum absolute atomic E-state index is 0.0387. The van der Waals surface area contributed by atoms with E-state index in [0.29, 0.717) is 25.0 Å². The van der Waals surface area contributed by atoms with Gasteiger partial charge in [0.2, 0.25) is 11.8 Å². The van der Waals surface area contributed by atoms with Crippen LogP contribution in [-0.4, -0.2) is 41.6 Å². The second kappa shape index (κ2) is 8.03. The summed E-state index contributed by atoms with van der Waals surface area (Å²) in [6.45, 7) is 2.44. The van der Waals surface area contributed by atoms with Gasteiger partial charge in [-0.05, 0) is 36.6 Å². The third kappa shape index (κ3) is 3.86. The molecule has 2 aromatic carbocycles. The molecule has 0 unspecified atom stereocenters. The third-order valence-electron chi connectivity index (χ3n) is 5.73. The molecule has 0 N–H and O–H groups in total. The maximum absolute atomic E-state index is 13.0. The largest absolute Gasteiger partial charge is 0.329 e. The number of piperazine rings is 1. The number of amides is 2. The normalized spacial score (nSPS) is 19.8. The summed E-state index contributed by atoms with van der Waals surface area (Å²) in [5, 5.41) is 0. The van der Waals surface area contributed by atoms with Crippen molar-refractivity contribution in [3.8, 4) is 0 Å². The highest BCUT2D eigenvalue weighted by Gasteiger charge is 2.35. The fraction of sp³-hybridized carbons (Fsp3) is 0.292. The third-order valence-corrected chi connectivity index (χ3v) is 5.73. The Morgan fingerprint density at radius 2 is 1.62 bits per heavy atom. The van der Waals surface area contributed by atoms with E-state index < -0.39 is 0 Å². The molecule has 0 radical (unpaired) electrons. The summed E-state index contributed by atoms with van der Waals surface area (Å²) in [4.78, 5) is 41.5. The highest BCUT2D eigenvalue weighted by atomic mass is 16.2. The van der Waals surface area contributed by atoms with Crippen LogP contribution in [0.15, 0.2) is 66.2 Å². The van der Waals surface area contributed by atoms with E-state index in [-0.39, 0.29) is 36.6 Å². The smallest absolute Gasteiger partial charge is 0.246 e. The lowest BCUT2D eigenvalue weighted by Gasteiger charge is -2.39. The van der Waals surface area contributed by atoms with Gasteiger partial charge in [0, 0.05) is 30.3 Å². The topological polar surface area (TPSA) is 57.7 Å². The summed E-state index contributed by atoms with van der Waals surface area (Å²) in [5.41, 5.74) is 3.41. The summed E-state index contributed by atoms with van der Waals surface area (Å²) in [5.74, 6) is -0.214. The van der Waals surface area contributed by atoms with Gasteiger partial charge in [0.05, 0.1) is 6.42 Å². The Bertz CT molecular complexity index is 966. The van der Waals surface area contributed by atoms with Gasteiger partial charge in [0.25, 0.3) is 0 Å². The van der Waals surface area contributed by atoms with Crippen molar-refractivity contribution in [3.63, 3.8) is 0 Å². The van der Waals surface area contributed by atoms with Crippen LogP contribution in [0.1, 0.15) is 31.7 Å². The van der Waals surface area contributed by atoms with E-state index in [1.165, 1.54) is 0 Å². The number of para-hydroxylation sites is 1. The van der Waals surface area contributed by atoms with Crippen molar-refractivity contribution >= 4 is 28.9 Å². The number of anilines is 1. The lowest BCUT2D eigenvalue weighted by Crippen LogP contribution is -2.57. The predicted molar refractivity (Wildman–Crippen MR) is 112 cm³/mol. The average molecular weight is 388 g/mol. The Morgan fingerprint density at radius 1 is 0.966 bits per heavy atom. The molecule has 5 heteroatoms. The number of allylic oxidation sites excluding steroid dienone is 1. The standard InChI is InChI=1S/C24H24N2O3/c1-17-15-26(19-10-6-3-7-11-19)24(29)16-25(17)23(28)14-21-20(12-13-22(21)27)18-8-4-2-5-9-18/h2-11,17H,12-16H2,1H3/t17-/m0/s1. The first-order valence-electron chi connectivity index (χ1n) is 10.00. The first-order valence-corrected chi connectivity index (χ1v) is 10.00. The molecule has 1 heterocycles. The number of hydrogen-bond donors (Lipinski definition) is 0. The highest BCUT2D eigenvalue weighted by Crippen LogP contribution is 2.34. The van der Waals surface area contributed by atoms with E-state index in [0.717, 1.165) is 16.8 Å². The summed E-state index contributed by atoms with van der Waals surface area (Å²) in [6, 6.07) is 19.2. The predicted octanol–water partition coefficient (Wildman–Crippen LogP) is 3.46. The van der Waals surface area contributed by atoms with Crippen molar-refractivity contribution in [1.29, 1.82) is 0 Å². The molecule has 1 fully saturated rings. The minimum Gasteiger partial charge on any atom is -0.329 e. The van der Waals surface area contributed by atoms with E-state index in [4.69, 9.17) is 0 Å². The average Bonchev–Trinajstić information content (AvgIpc) is 3.11. The van der Waals surface area contributed by atoms with Crippen molar-refractivity contribution < 1.29 is 14.4 Å². The van der Waals surface area contributed by atoms with Crippen LogP contribution in [0, 0.1) is 0 Å². The molecule has 1 aliphatic carbocycles. The van der Waals surface area contributed by atoms with Crippen molar-refractivity contribution in [3.05, 3.63) is 71.8 Å². The zero-order valence-electron chi connectivity index (χ0n) is 16.5. The van der Waals surface area contributed by atoms with E-state index >= 15 is 0 Å². The van der Waals surface area contributed by atoms with Gasteiger partial charge in [-0.1, -0.05) is 48.5 Å². The second-order valence-corrected chi connectivity index (χ2v) is 7.63. The summed E-state index contributed by atoms with van der Waals surface area (Å²) in [7, 11) is 0. The van der Waals surface area contributed by atoms with Gasteiger partial charge >= 0.3 is 0 Å². The Labute approximate surface area is 170 Å². The first-order chi connectivity index (χ1) is 14.0. The molecule has 2 aromatic rings. The number of benzene rings is 2. The number of ketones is 1. The van der Waals surface area contributed by atoms with Crippen molar-refractivity contribution in [1.82, 2.24) is 4.90 Å². The monoisotopic (exact) mass is 388 g/mol. The fourth-order valence-electron chi connectivity index (χ4n) is 4.17. The van der Waals surface area contributed by atoms with Gasteiger partial charge in [-0.3, -0.25) is 14.4 Å². The molecule has 4 rings (SSSR count). The van der Waals surface area contributed by atoms with E-state index in [9.17, 15) is 14.4 Å². The Balaban J connectivity index is 1.51. The van der Waals surface area contributed by atoms with Crippen LogP contribution in [-0.2, 0) is 14.4 Å². The lowest BCUT2D eigenvalue weighted by molar-refractivity contribution is -0.139. The Hall–Kier alpha value is -3.21. The molecule has 5 nitrogen and oxygen atoms in total. The van der Waals surface area contributed by atoms with Crippen LogP contribution in [0.25, 0.3) is 5.57 Å². The maximum Gasteiger partial charge on any atom is 0.246 e. The van der Waals surface area contributed by atoms with Crippen LogP contribution in [0.4, 0.5) is 5.69 Å². The Kier molecular flexibility index (Phi) is 5.30. The van der Waals surface area contributed by atoms with Gasteiger partial charge in [-0.15, -0.1) is 0 Å². The molecule has 0 saturated carbocycles. The van der Waals surface area contributed by atoms with Crippen LogP contribution in [0.2, 0.25) is 0 Å². The van der Waals surface area contributed by atoms with Gasteiger partial charge in [0.1, 0.15) is 6.54 Å². The first kappa shape index (κ1) is 19.1. The number of Topliss-reactive ketones (excluding diaryl/α,β-unsaturated/α-hetero) is 1. The zero-order valence-corrected chi connectivity index (χ0v) is 16.5. The molecular formula is C24H24N2O3. The van der Waals surface area contributed by atoms with Crippen molar-refractivity contribution in [2.24, 2.45) is 0 Å². The SMILES string of the molecule is C[C@H]1CN(c2ccccc2)C(=O)CN1C(=O)CC1=C(c2ccccc2)CCC1=O. The van der Waals surface area contributed by atoms with Gasteiger partial charge in [-0.25, -0.2) is 0 Å². The van der Waals surface area contributed by atoms with E-state index in [2.05, 4.69) is 0 Å². The molecule has 148 valence electrons. The fourth-order valence-corrected chi connectivity index (χ4v) is 4.17. The zero-order chi connectivity index (χ0) is 20.4. The molecule has 2 aliphatic rings.